The van der Waals surface area contributed by atoms with Gasteiger partial charge in [0.2, 0.25) is 0 Å². The first kappa shape index (κ1) is 12.9. The molecule has 0 atom stereocenters. The Hall–Kier alpha value is -2.56. The van der Waals surface area contributed by atoms with Gasteiger partial charge in [-0.05, 0) is 31.2 Å². The zero-order valence-electron chi connectivity index (χ0n) is 10.5. The van der Waals surface area contributed by atoms with Crippen LogP contribution in [0.1, 0.15) is 21.7 Å². The average Bonchev–Trinajstić information content (AvgIpc) is 2.36. The van der Waals surface area contributed by atoms with E-state index in [0.717, 1.165) is 11.4 Å². The molecule has 0 saturated carbocycles. The standard InChI is InChI=1S/C14H14N2O3/c1-9-3-2-4-10(16-9)8-19-11-5-6-12(14(17)18)13(15)7-11/h2-7H,8,15H2,1H3,(H,17,18). The van der Waals surface area contributed by atoms with Crippen LogP contribution in [-0.4, -0.2) is 16.1 Å². The molecular formula is C14H14N2O3. The number of anilines is 1. The third kappa shape index (κ3) is 3.22. The van der Waals surface area contributed by atoms with Crippen LogP contribution in [0.15, 0.2) is 36.4 Å². The van der Waals surface area contributed by atoms with Gasteiger partial charge in [0.05, 0.1) is 11.3 Å². The summed E-state index contributed by atoms with van der Waals surface area (Å²) in [6, 6.07) is 10.2. The van der Waals surface area contributed by atoms with Gasteiger partial charge in [-0.3, -0.25) is 4.98 Å². The largest absolute Gasteiger partial charge is 0.487 e. The summed E-state index contributed by atoms with van der Waals surface area (Å²) in [6.45, 7) is 2.22. The summed E-state index contributed by atoms with van der Waals surface area (Å²) in [6.07, 6.45) is 0. The zero-order valence-corrected chi connectivity index (χ0v) is 10.5. The lowest BCUT2D eigenvalue weighted by molar-refractivity contribution is 0.0698. The Morgan fingerprint density at radius 2 is 2.16 bits per heavy atom. The lowest BCUT2D eigenvalue weighted by Gasteiger charge is -2.08. The average molecular weight is 258 g/mol. The summed E-state index contributed by atoms with van der Waals surface area (Å²) < 4.78 is 5.53. The first-order valence-corrected chi connectivity index (χ1v) is 5.74. The smallest absolute Gasteiger partial charge is 0.337 e. The van der Waals surface area contributed by atoms with Crippen LogP contribution in [0.4, 0.5) is 5.69 Å². The van der Waals surface area contributed by atoms with Gasteiger partial charge in [0.25, 0.3) is 0 Å². The Balaban J connectivity index is 2.08. The van der Waals surface area contributed by atoms with Crippen LogP contribution < -0.4 is 10.5 Å². The fourth-order valence-corrected chi connectivity index (χ4v) is 1.66. The van der Waals surface area contributed by atoms with E-state index in [0.29, 0.717) is 12.4 Å². The van der Waals surface area contributed by atoms with Crippen molar-refractivity contribution in [2.45, 2.75) is 13.5 Å². The number of nitrogen functional groups attached to an aromatic ring is 1. The summed E-state index contributed by atoms with van der Waals surface area (Å²) in [5.74, 6) is -0.532. The molecule has 5 heteroatoms. The molecule has 0 amide bonds. The minimum Gasteiger partial charge on any atom is -0.487 e. The number of hydrogen-bond donors (Lipinski definition) is 2. The molecule has 0 saturated heterocycles. The van der Waals surface area contributed by atoms with E-state index in [-0.39, 0.29) is 11.3 Å². The van der Waals surface area contributed by atoms with Crippen molar-refractivity contribution in [2.24, 2.45) is 0 Å². The highest BCUT2D eigenvalue weighted by molar-refractivity contribution is 5.93. The van der Waals surface area contributed by atoms with Gasteiger partial charge >= 0.3 is 5.97 Å². The van der Waals surface area contributed by atoms with Crippen LogP contribution in [0.5, 0.6) is 5.75 Å². The molecule has 98 valence electrons. The van der Waals surface area contributed by atoms with Crippen molar-refractivity contribution in [3.8, 4) is 5.75 Å². The molecule has 0 bridgehead atoms. The fourth-order valence-electron chi connectivity index (χ4n) is 1.66. The van der Waals surface area contributed by atoms with Crippen molar-refractivity contribution in [1.29, 1.82) is 0 Å². The van der Waals surface area contributed by atoms with E-state index in [2.05, 4.69) is 4.98 Å². The van der Waals surface area contributed by atoms with E-state index in [1.807, 2.05) is 25.1 Å². The van der Waals surface area contributed by atoms with Crippen molar-refractivity contribution in [1.82, 2.24) is 4.98 Å². The molecule has 2 rings (SSSR count). The molecule has 1 aromatic heterocycles. The van der Waals surface area contributed by atoms with E-state index in [4.69, 9.17) is 15.6 Å². The molecule has 0 fully saturated rings. The van der Waals surface area contributed by atoms with E-state index in [1.54, 1.807) is 6.07 Å². The number of aromatic carboxylic acids is 1. The number of nitrogens with zero attached hydrogens (tertiary/aromatic N) is 1. The maximum atomic E-state index is 10.8. The summed E-state index contributed by atoms with van der Waals surface area (Å²) in [7, 11) is 0. The third-order valence-electron chi connectivity index (χ3n) is 2.59. The molecular weight excluding hydrogens is 244 g/mol. The number of carboxylic acid groups (broad SMARTS) is 1. The highest BCUT2D eigenvalue weighted by Gasteiger charge is 2.08. The molecule has 0 unspecified atom stereocenters. The number of hydrogen-bond acceptors (Lipinski definition) is 4. The second-order valence-corrected chi connectivity index (χ2v) is 4.11. The third-order valence-corrected chi connectivity index (χ3v) is 2.59. The number of carboxylic acids is 1. The molecule has 19 heavy (non-hydrogen) atoms. The minimum atomic E-state index is -1.05. The molecule has 1 aromatic carbocycles. The molecule has 0 radical (unpaired) electrons. The zero-order chi connectivity index (χ0) is 13.8. The molecule has 5 nitrogen and oxygen atoms in total. The number of aromatic nitrogens is 1. The lowest BCUT2D eigenvalue weighted by atomic mass is 10.2. The van der Waals surface area contributed by atoms with Gasteiger partial charge in [-0.2, -0.15) is 0 Å². The highest BCUT2D eigenvalue weighted by atomic mass is 16.5. The Morgan fingerprint density at radius 3 is 2.79 bits per heavy atom. The number of carbonyl (C=O) groups is 1. The Morgan fingerprint density at radius 1 is 1.37 bits per heavy atom. The maximum Gasteiger partial charge on any atom is 0.337 e. The first-order chi connectivity index (χ1) is 9.06. The summed E-state index contributed by atoms with van der Waals surface area (Å²) in [5.41, 5.74) is 7.62. The molecule has 0 spiro atoms. The molecule has 2 aromatic rings. The summed E-state index contributed by atoms with van der Waals surface area (Å²) in [4.78, 5) is 15.1. The predicted molar refractivity (Wildman–Crippen MR) is 71.1 cm³/mol. The van der Waals surface area contributed by atoms with Gasteiger partial charge in [-0.25, -0.2) is 4.79 Å². The second-order valence-electron chi connectivity index (χ2n) is 4.11. The lowest BCUT2D eigenvalue weighted by Crippen LogP contribution is -2.04. The van der Waals surface area contributed by atoms with Crippen molar-refractivity contribution < 1.29 is 14.6 Å². The monoisotopic (exact) mass is 258 g/mol. The molecule has 3 N–H and O–H groups in total. The van der Waals surface area contributed by atoms with Crippen LogP contribution in [0, 0.1) is 6.92 Å². The van der Waals surface area contributed by atoms with Crippen LogP contribution in [-0.2, 0) is 6.61 Å². The van der Waals surface area contributed by atoms with E-state index < -0.39 is 5.97 Å². The van der Waals surface area contributed by atoms with Gasteiger partial charge in [0.1, 0.15) is 12.4 Å². The number of benzene rings is 1. The number of pyridine rings is 1. The van der Waals surface area contributed by atoms with Gasteiger partial charge in [-0.1, -0.05) is 6.07 Å². The van der Waals surface area contributed by atoms with Crippen molar-refractivity contribution in [3.63, 3.8) is 0 Å². The Bertz CT molecular complexity index is 611. The van der Waals surface area contributed by atoms with E-state index >= 15 is 0 Å². The van der Waals surface area contributed by atoms with Gasteiger partial charge in [0, 0.05) is 17.4 Å². The normalized spacial score (nSPS) is 10.2. The molecule has 0 aliphatic rings. The van der Waals surface area contributed by atoms with Crippen LogP contribution in [0.25, 0.3) is 0 Å². The van der Waals surface area contributed by atoms with Gasteiger partial charge < -0.3 is 15.6 Å². The van der Waals surface area contributed by atoms with Crippen molar-refractivity contribution >= 4 is 11.7 Å². The second kappa shape index (κ2) is 5.39. The first-order valence-electron chi connectivity index (χ1n) is 5.74. The Kier molecular flexibility index (Phi) is 3.66. The van der Waals surface area contributed by atoms with Crippen LogP contribution in [0.2, 0.25) is 0 Å². The van der Waals surface area contributed by atoms with Crippen molar-refractivity contribution in [2.75, 3.05) is 5.73 Å². The molecule has 0 aliphatic carbocycles. The van der Waals surface area contributed by atoms with Gasteiger partial charge in [0.15, 0.2) is 0 Å². The highest BCUT2D eigenvalue weighted by Crippen LogP contribution is 2.20. The van der Waals surface area contributed by atoms with E-state index in [1.165, 1.54) is 12.1 Å². The minimum absolute atomic E-state index is 0.0704. The molecule has 1 heterocycles. The van der Waals surface area contributed by atoms with Crippen molar-refractivity contribution in [3.05, 3.63) is 53.3 Å². The number of aryl methyl sites for hydroxylation is 1. The maximum absolute atomic E-state index is 10.8. The fraction of sp³-hybridized carbons (Fsp3) is 0.143. The van der Waals surface area contributed by atoms with Crippen LogP contribution >= 0.6 is 0 Å². The topological polar surface area (TPSA) is 85.4 Å². The number of ether oxygens (including phenoxy) is 1. The number of rotatable bonds is 4. The summed E-state index contributed by atoms with van der Waals surface area (Å²) in [5, 5.41) is 8.86. The SMILES string of the molecule is Cc1cccc(COc2ccc(C(=O)O)c(N)c2)n1. The number of nitrogens with two attached hydrogens (primary N) is 1. The summed E-state index contributed by atoms with van der Waals surface area (Å²) >= 11 is 0. The van der Waals surface area contributed by atoms with E-state index in [9.17, 15) is 4.79 Å². The van der Waals surface area contributed by atoms with Gasteiger partial charge in [-0.15, -0.1) is 0 Å². The quantitative estimate of drug-likeness (QED) is 0.821. The van der Waals surface area contributed by atoms with Crippen LogP contribution in [0.3, 0.4) is 0 Å². The Labute approximate surface area is 110 Å². The molecule has 0 aliphatic heterocycles. The predicted octanol–water partition coefficient (Wildman–Crippen LogP) is 2.25.